The van der Waals surface area contributed by atoms with Gasteiger partial charge in [-0.15, -0.1) is 0 Å². The minimum absolute atomic E-state index is 0.00830. The Labute approximate surface area is 135 Å². The van der Waals surface area contributed by atoms with Gasteiger partial charge < -0.3 is 10.3 Å². The number of rotatable bonds is 7. The average molecular weight is 317 g/mol. The van der Waals surface area contributed by atoms with E-state index in [0.29, 0.717) is 23.5 Å². The second kappa shape index (κ2) is 7.71. The highest BCUT2D eigenvalue weighted by atomic mass is 16.2. The number of aromatic amines is 1. The molecule has 1 atom stereocenters. The van der Waals surface area contributed by atoms with Crippen molar-refractivity contribution in [3.05, 3.63) is 45.9 Å². The van der Waals surface area contributed by atoms with Gasteiger partial charge in [-0.3, -0.25) is 14.3 Å². The minimum Gasteiger partial charge on any atom is -0.353 e. The van der Waals surface area contributed by atoms with E-state index in [1.807, 2.05) is 30.8 Å². The fraction of sp³-hybridized carbons (Fsp3) is 0.500. The summed E-state index contributed by atoms with van der Waals surface area (Å²) in [7, 11) is 0. The maximum Gasteiger partial charge on any atom is 0.254 e. The summed E-state index contributed by atoms with van der Waals surface area (Å²) in [6, 6.07) is 1.87. The average Bonchev–Trinajstić information content (AvgIpc) is 3.02. The molecule has 2 aromatic heterocycles. The number of H-pyrrole nitrogens is 1. The summed E-state index contributed by atoms with van der Waals surface area (Å²) in [6.07, 6.45) is 5.09. The molecule has 0 fully saturated rings. The molecule has 0 spiro atoms. The standard InChI is InChI=1S/C16H23N5O2/c1-4-14-19-12(3)13(16(23)20-14)10-15(22)18-11(2)6-9-21-8-5-7-17-21/h5,7-8,11H,4,6,9-10H2,1-3H3,(H,18,22)(H,19,20,23)/t11-/m1/s1. The van der Waals surface area contributed by atoms with Crippen molar-refractivity contribution in [1.29, 1.82) is 0 Å². The van der Waals surface area contributed by atoms with Crippen molar-refractivity contribution in [2.24, 2.45) is 0 Å². The van der Waals surface area contributed by atoms with E-state index in [-0.39, 0.29) is 23.9 Å². The molecule has 2 aromatic rings. The lowest BCUT2D eigenvalue weighted by molar-refractivity contribution is -0.121. The first-order chi connectivity index (χ1) is 11.0. The number of carbonyl (C=O) groups is 1. The predicted molar refractivity (Wildman–Crippen MR) is 87.1 cm³/mol. The second-order valence-electron chi connectivity index (χ2n) is 5.63. The van der Waals surface area contributed by atoms with Crippen LogP contribution in [0.1, 0.15) is 37.4 Å². The number of hydrogen-bond donors (Lipinski definition) is 2. The van der Waals surface area contributed by atoms with Crippen molar-refractivity contribution >= 4 is 5.91 Å². The highest BCUT2D eigenvalue weighted by Gasteiger charge is 2.14. The first kappa shape index (κ1) is 16.9. The predicted octanol–water partition coefficient (Wildman–Crippen LogP) is 0.975. The Bertz CT molecular complexity index is 706. The topological polar surface area (TPSA) is 92.7 Å². The molecule has 7 nitrogen and oxygen atoms in total. The Morgan fingerprint density at radius 2 is 2.26 bits per heavy atom. The van der Waals surface area contributed by atoms with Gasteiger partial charge in [0, 0.05) is 42.7 Å². The van der Waals surface area contributed by atoms with Crippen LogP contribution >= 0.6 is 0 Å². The quantitative estimate of drug-likeness (QED) is 0.796. The maximum atomic E-state index is 12.1. The molecule has 0 saturated heterocycles. The maximum absolute atomic E-state index is 12.1. The van der Waals surface area contributed by atoms with Crippen LogP contribution in [0.15, 0.2) is 23.3 Å². The molecule has 0 aliphatic heterocycles. The van der Waals surface area contributed by atoms with E-state index in [1.165, 1.54) is 0 Å². The first-order valence-electron chi connectivity index (χ1n) is 7.85. The Kier molecular flexibility index (Phi) is 5.67. The third-order valence-corrected chi connectivity index (χ3v) is 3.70. The fourth-order valence-electron chi connectivity index (χ4n) is 2.36. The van der Waals surface area contributed by atoms with Crippen molar-refractivity contribution < 1.29 is 4.79 Å². The lowest BCUT2D eigenvalue weighted by atomic mass is 10.1. The van der Waals surface area contributed by atoms with Crippen LogP contribution in [-0.4, -0.2) is 31.7 Å². The zero-order chi connectivity index (χ0) is 16.8. The molecule has 1 amide bonds. The van der Waals surface area contributed by atoms with Gasteiger partial charge in [0.05, 0.1) is 6.42 Å². The molecule has 0 aliphatic carbocycles. The van der Waals surface area contributed by atoms with E-state index in [4.69, 9.17) is 0 Å². The van der Waals surface area contributed by atoms with Crippen LogP contribution in [0.3, 0.4) is 0 Å². The second-order valence-corrected chi connectivity index (χ2v) is 5.63. The molecule has 0 aliphatic rings. The van der Waals surface area contributed by atoms with Crippen molar-refractivity contribution in [2.75, 3.05) is 0 Å². The number of aromatic nitrogens is 4. The number of nitrogens with zero attached hydrogens (tertiary/aromatic N) is 3. The van der Waals surface area contributed by atoms with Crippen LogP contribution in [0.25, 0.3) is 0 Å². The molecular weight excluding hydrogens is 294 g/mol. The lowest BCUT2D eigenvalue weighted by Crippen LogP contribution is -2.36. The Hall–Kier alpha value is -2.44. The number of hydrogen-bond acceptors (Lipinski definition) is 4. The third kappa shape index (κ3) is 4.77. The first-order valence-corrected chi connectivity index (χ1v) is 7.85. The molecule has 0 radical (unpaired) electrons. The van der Waals surface area contributed by atoms with Gasteiger partial charge in [-0.05, 0) is 26.3 Å². The van der Waals surface area contributed by atoms with Gasteiger partial charge in [0.25, 0.3) is 5.56 Å². The van der Waals surface area contributed by atoms with Crippen LogP contribution in [0.4, 0.5) is 0 Å². The van der Waals surface area contributed by atoms with Gasteiger partial charge >= 0.3 is 0 Å². The molecule has 7 heteroatoms. The molecule has 124 valence electrons. The van der Waals surface area contributed by atoms with E-state index in [2.05, 4.69) is 20.4 Å². The normalized spacial score (nSPS) is 12.1. The van der Waals surface area contributed by atoms with E-state index in [0.717, 1.165) is 13.0 Å². The molecular formula is C16H23N5O2. The van der Waals surface area contributed by atoms with Gasteiger partial charge in [-0.2, -0.15) is 5.10 Å². The molecule has 0 aromatic carbocycles. The highest BCUT2D eigenvalue weighted by Crippen LogP contribution is 2.02. The molecule has 2 N–H and O–H groups in total. The van der Waals surface area contributed by atoms with Crippen LogP contribution < -0.4 is 10.9 Å². The summed E-state index contributed by atoms with van der Waals surface area (Å²) in [6.45, 7) is 6.36. The third-order valence-electron chi connectivity index (χ3n) is 3.70. The Morgan fingerprint density at radius 3 is 2.87 bits per heavy atom. The molecule has 2 rings (SSSR count). The highest BCUT2D eigenvalue weighted by molar-refractivity contribution is 5.78. The number of amides is 1. The Balaban J connectivity index is 1.90. The summed E-state index contributed by atoms with van der Waals surface area (Å²) < 4.78 is 1.82. The zero-order valence-corrected chi connectivity index (χ0v) is 13.8. The molecule has 0 unspecified atom stereocenters. The van der Waals surface area contributed by atoms with E-state index in [1.54, 1.807) is 13.1 Å². The van der Waals surface area contributed by atoms with Gasteiger partial charge in [-0.1, -0.05) is 6.92 Å². The number of aryl methyl sites for hydroxylation is 3. The minimum atomic E-state index is -0.228. The Morgan fingerprint density at radius 1 is 1.48 bits per heavy atom. The summed E-state index contributed by atoms with van der Waals surface area (Å²) in [5.74, 6) is 0.474. The van der Waals surface area contributed by atoms with Crippen molar-refractivity contribution in [1.82, 2.24) is 25.1 Å². The zero-order valence-electron chi connectivity index (χ0n) is 13.8. The van der Waals surface area contributed by atoms with Gasteiger partial charge in [-0.25, -0.2) is 4.98 Å². The van der Waals surface area contributed by atoms with Crippen molar-refractivity contribution in [2.45, 2.75) is 52.6 Å². The van der Waals surface area contributed by atoms with Gasteiger partial charge in [0.1, 0.15) is 5.82 Å². The van der Waals surface area contributed by atoms with Gasteiger partial charge in [0.2, 0.25) is 5.91 Å². The molecule has 0 saturated carbocycles. The van der Waals surface area contributed by atoms with Crippen LogP contribution in [0.5, 0.6) is 0 Å². The summed E-state index contributed by atoms with van der Waals surface area (Å²) in [5, 5.41) is 7.04. The van der Waals surface area contributed by atoms with Crippen LogP contribution in [0, 0.1) is 6.92 Å². The van der Waals surface area contributed by atoms with Crippen molar-refractivity contribution in [3.8, 4) is 0 Å². The van der Waals surface area contributed by atoms with Gasteiger partial charge in [0.15, 0.2) is 0 Å². The largest absolute Gasteiger partial charge is 0.353 e. The summed E-state index contributed by atoms with van der Waals surface area (Å²) >= 11 is 0. The SMILES string of the molecule is CCc1nc(C)c(CC(=O)N[C@H](C)CCn2cccn2)c(=O)[nH]1. The number of nitrogens with one attached hydrogen (secondary N) is 2. The lowest BCUT2D eigenvalue weighted by Gasteiger charge is -2.14. The fourth-order valence-corrected chi connectivity index (χ4v) is 2.36. The van der Waals surface area contributed by atoms with Crippen LogP contribution in [-0.2, 0) is 24.2 Å². The smallest absolute Gasteiger partial charge is 0.254 e. The van der Waals surface area contributed by atoms with E-state index >= 15 is 0 Å². The van der Waals surface area contributed by atoms with E-state index < -0.39 is 0 Å². The van der Waals surface area contributed by atoms with Crippen LogP contribution in [0.2, 0.25) is 0 Å². The van der Waals surface area contributed by atoms with Crippen molar-refractivity contribution in [3.63, 3.8) is 0 Å². The summed E-state index contributed by atoms with van der Waals surface area (Å²) in [4.78, 5) is 31.2. The molecule has 2 heterocycles. The molecule has 0 bridgehead atoms. The number of carbonyl (C=O) groups excluding carboxylic acids is 1. The summed E-state index contributed by atoms with van der Waals surface area (Å²) in [5.41, 5.74) is 0.817. The molecule has 23 heavy (non-hydrogen) atoms. The van der Waals surface area contributed by atoms with E-state index in [9.17, 15) is 9.59 Å². The monoisotopic (exact) mass is 317 g/mol.